The Bertz CT molecular complexity index is 155. The maximum atomic E-state index is 9.57. The van der Waals surface area contributed by atoms with Crippen LogP contribution in [0, 0.1) is 0 Å². The molecule has 0 spiro atoms. The lowest BCUT2D eigenvalue weighted by Gasteiger charge is -2.26. The first kappa shape index (κ1) is 12.0. The number of aliphatic hydroxyl groups is 1. The summed E-state index contributed by atoms with van der Waals surface area (Å²) in [6.07, 6.45) is 4.71. The summed E-state index contributed by atoms with van der Waals surface area (Å²) in [5.74, 6) is 0. The molecule has 0 radical (unpaired) electrons. The van der Waals surface area contributed by atoms with Crippen LogP contribution in [0.2, 0.25) is 0 Å². The van der Waals surface area contributed by atoms with Gasteiger partial charge in [0.05, 0.1) is 12.7 Å². The van der Waals surface area contributed by atoms with E-state index in [4.69, 9.17) is 4.74 Å². The van der Waals surface area contributed by atoms with Crippen molar-refractivity contribution in [1.82, 2.24) is 5.32 Å². The molecule has 84 valence electrons. The molecule has 0 aromatic heterocycles. The molecule has 1 atom stereocenters. The molecular formula is C11H23NO2. The standard InChI is InChI=1S/C11H23NO2/c1-3-14-9-10(13)8-12-11(2)6-4-5-7-11/h10,12-13H,3-9H2,1-2H3. The van der Waals surface area contributed by atoms with Crippen molar-refractivity contribution < 1.29 is 9.84 Å². The third-order valence-electron chi connectivity index (χ3n) is 2.99. The Morgan fingerprint density at radius 2 is 2.07 bits per heavy atom. The number of aliphatic hydroxyl groups excluding tert-OH is 1. The second kappa shape index (κ2) is 5.69. The van der Waals surface area contributed by atoms with E-state index in [1.807, 2.05) is 6.92 Å². The molecule has 0 aliphatic heterocycles. The Morgan fingerprint density at radius 3 is 2.64 bits per heavy atom. The number of hydrogen-bond donors (Lipinski definition) is 2. The van der Waals surface area contributed by atoms with Gasteiger partial charge in [-0.25, -0.2) is 0 Å². The van der Waals surface area contributed by atoms with Crippen molar-refractivity contribution in [1.29, 1.82) is 0 Å². The number of nitrogens with one attached hydrogen (secondary N) is 1. The van der Waals surface area contributed by atoms with Crippen LogP contribution in [0.3, 0.4) is 0 Å². The Morgan fingerprint density at radius 1 is 1.43 bits per heavy atom. The highest BCUT2D eigenvalue weighted by atomic mass is 16.5. The Kier molecular flexibility index (Phi) is 4.85. The molecule has 2 N–H and O–H groups in total. The minimum Gasteiger partial charge on any atom is -0.389 e. The largest absolute Gasteiger partial charge is 0.389 e. The smallest absolute Gasteiger partial charge is 0.0897 e. The van der Waals surface area contributed by atoms with Gasteiger partial charge in [0.15, 0.2) is 0 Å². The summed E-state index contributed by atoms with van der Waals surface area (Å²) in [7, 11) is 0. The summed E-state index contributed by atoms with van der Waals surface area (Å²) >= 11 is 0. The van der Waals surface area contributed by atoms with Crippen LogP contribution in [-0.2, 0) is 4.74 Å². The van der Waals surface area contributed by atoms with Gasteiger partial charge in [-0.3, -0.25) is 0 Å². The molecular weight excluding hydrogens is 178 g/mol. The zero-order valence-corrected chi connectivity index (χ0v) is 9.38. The van der Waals surface area contributed by atoms with E-state index in [2.05, 4.69) is 12.2 Å². The van der Waals surface area contributed by atoms with Crippen molar-refractivity contribution in [3.8, 4) is 0 Å². The predicted molar refractivity (Wildman–Crippen MR) is 57.4 cm³/mol. The number of hydrogen-bond acceptors (Lipinski definition) is 3. The van der Waals surface area contributed by atoms with E-state index >= 15 is 0 Å². The van der Waals surface area contributed by atoms with Gasteiger partial charge in [-0.2, -0.15) is 0 Å². The van der Waals surface area contributed by atoms with Gasteiger partial charge in [-0.05, 0) is 26.7 Å². The second-order valence-electron chi connectivity index (χ2n) is 4.46. The van der Waals surface area contributed by atoms with Crippen LogP contribution in [0.15, 0.2) is 0 Å². The highest BCUT2D eigenvalue weighted by molar-refractivity contribution is 4.88. The van der Waals surface area contributed by atoms with Gasteiger partial charge in [-0.15, -0.1) is 0 Å². The van der Waals surface area contributed by atoms with Crippen LogP contribution >= 0.6 is 0 Å². The third-order valence-corrected chi connectivity index (χ3v) is 2.99. The lowest BCUT2D eigenvalue weighted by Crippen LogP contribution is -2.44. The molecule has 3 nitrogen and oxygen atoms in total. The van der Waals surface area contributed by atoms with Gasteiger partial charge >= 0.3 is 0 Å². The monoisotopic (exact) mass is 201 g/mol. The first-order valence-corrected chi connectivity index (χ1v) is 5.67. The summed E-state index contributed by atoms with van der Waals surface area (Å²) in [6, 6.07) is 0. The lowest BCUT2D eigenvalue weighted by atomic mass is 10.0. The van der Waals surface area contributed by atoms with Crippen molar-refractivity contribution >= 4 is 0 Å². The second-order valence-corrected chi connectivity index (χ2v) is 4.46. The SMILES string of the molecule is CCOCC(O)CNC1(C)CCCC1. The fourth-order valence-electron chi connectivity index (χ4n) is 2.01. The summed E-state index contributed by atoms with van der Waals surface area (Å²) in [5.41, 5.74) is 0.257. The normalized spacial score (nSPS) is 22.5. The molecule has 0 saturated heterocycles. The molecule has 1 fully saturated rings. The zero-order valence-electron chi connectivity index (χ0n) is 9.38. The van der Waals surface area contributed by atoms with Gasteiger partial charge in [0, 0.05) is 18.7 Å². The van der Waals surface area contributed by atoms with E-state index in [-0.39, 0.29) is 11.6 Å². The van der Waals surface area contributed by atoms with E-state index in [0.29, 0.717) is 19.8 Å². The predicted octanol–water partition coefficient (Wildman–Crippen LogP) is 1.31. The van der Waals surface area contributed by atoms with Gasteiger partial charge in [-0.1, -0.05) is 12.8 Å². The molecule has 14 heavy (non-hydrogen) atoms. The van der Waals surface area contributed by atoms with E-state index in [0.717, 1.165) is 0 Å². The highest BCUT2D eigenvalue weighted by Gasteiger charge is 2.28. The van der Waals surface area contributed by atoms with E-state index in [1.165, 1.54) is 25.7 Å². The highest BCUT2D eigenvalue weighted by Crippen LogP contribution is 2.28. The van der Waals surface area contributed by atoms with Crippen molar-refractivity contribution in [2.45, 2.75) is 51.2 Å². The molecule has 0 bridgehead atoms. The molecule has 1 aliphatic rings. The van der Waals surface area contributed by atoms with Crippen molar-refractivity contribution in [2.75, 3.05) is 19.8 Å². The molecule has 3 heteroatoms. The number of rotatable bonds is 6. The Hall–Kier alpha value is -0.120. The van der Waals surface area contributed by atoms with Gasteiger partial charge in [0.2, 0.25) is 0 Å². The van der Waals surface area contributed by atoms with Crippen LogP contribution in [0.5, 0.6) is 0 Å². The molecule has 1 unspecified atom stereocenters. The maximum absolute atomic E-state index is 9.57. The van der Waals surface area contributed by atoms with Crippen molar-refractivity contribution in [3.05, 3.63) is 0 Å². The molecule has 1 saturated carbocycles. The molecule has 0 amide bonds. The number of ether oxygens (including phenoxy) is 1. The number of β-amino-alcohol motifs (C(OH)–C–C–N with tert-alkyl or cyclic N) is 1. The maximum Gasteiger partial charge on any atom is 0.0897 e. The topological polar surface area (TPSA) is 41.5 Å². The fraction of sp³-hybridized carbons (Fsp3) is 1.00. The van der Waals surface area contributed by atoms with Crippen LogP contribution in [0.25, 0.3) is 0 Å². The summed E-state index contributed by atoms with van der Waals surface area (Å²) in [6.45, 7) is 5.95. The Balaban J connectivity index is 2.12. The third kappa shape index (κ3) is 3.95. The van der Waals surface area contributed by atoms with E-state index in [1.54, 1.807) is 0 Å². The van der Waals surface area contributed by atoms with Crippen LogP contribution in [-0.4, -0.2) is 36.5 Å². The molecule has 1 aliphatic carbocycles. The molecule has 0 aromatic rings. The average Bonchev–Trinajstić information content (AvgIpc) is 2.60. The minimum atomic E-state index is -0.368. The summed E-state index contributed by atoms with van der Waals surface area (Å²) < 4.78 is 5.15. The quantitative estimate of drug-likeness (QED) is 0.681. The average molecular weight is 201 g/mol. The fourth-order valence-corrected chi connectivity index (χ4v) is 2.01. The van der Waals surface area contributed by atoms with E-state index in [9.17, 15) is 5.11 Å². The Labute approximate surface area is 86.8 Å². The van der Waals surface area contributed by atoms with Gasteiger partial charge in [0.1, 0.15) is 0 Å². The van der Waals surface area contributed by atoms with Crippen LogP contribution in [0.4, 0.5) is 0 Å². The summed E-state index contributed by atoms with van der Waals surface area (Å²) in [4.78, 5) is 0. The zero-order chi connectivity index (χ0) is 10.4. The first-order valence-electron chi connectivity index (χ1n) is 5.67. The minimum absolute atomic E-state index is 0.257. The summed E-state index contributed by atoms with van der Waals surface area (Å²) in [5, 5.41) is 13.0. The van der Waals surface area contributed by atoms with Gasteiger partial charge < -0.3 is 15.2 Å². The molecule has 0 aromatic carbocycles. The van der Waals surface area contributed by atoms with Crippen LogP contribution in [0.1, 0.15) is 39.5 Å². The van der Waals surface area contributed by atoms with Crippen molar-refractivity contribution in [2.24, 2.45) is 0 Å². The van der Waals surface area contributed by atoms with E-state index < -0.39 is 0 Å². The van der Waals surface area contributed by atoms with Crippen molar-refractivity contribution in [3.63, 3.8) is 0 Å². The lowest BCUT2D eigenvalue weighted by molar-refractivity contribution is 0.0388. The van der Waals surface area contributed by atoms with Gasteiger partial charge in [0.25, 0.3) is 0 Å². The molecule has 1 rings (SSSR count). The van der Waals surface area contributed by atoms with Crippen LogP contribution < -0.4 is 5.32 Å². The first-order chi connectivity index (χ1) is 6.66. The molecule has 0 heterocycles.